The number of carbonyl (C=O) groups is 2. The van der Waals surface area contributed by atoms with Crippen molar-refractivity contribution >= 4 is 23.5 Å². The highest BCUT2D eigenvalue weighted by atomic mass is 16.8. The van der Waals surface area contributed by atoms with Crippen LogP contribution in [0.4, 0.5) is 5.95 Å². The molecule has 1 amide bonds. The minimum absolute atomic E-state index is 0.124. The van der Waals surface area contributed by atoms with Gasteiger partial charge < -0.3 is 14.2 Å². The van der Waals surface area contributed by atoms with Gasteiger partial charge in [-0.1, -0.05) is 0 Å². The Hall–Kier alpha value is -3.53. The van der Waals surface area contributed by atoms with Crippen LogP contribution in [-0.4, -0.2) is 50.0 Å². The van der Waals surface area contributed by atoms with Crippen LogP contribution in [0, 0.1) is 0 Å². The molecule has 0 radical (unpaired) electrons. The van der Waals surface area contributed by atoms with Crippen LogP contribution < -0.4 is 10.1 Å². The molecule has 3 aromatic heterocycles. The van der Waals surface area contributed by atoms with E-state index in [0.717, 1.165) is 11.1 Å². The third kappa shape index (κ3) is 4.08. The smallest absolute Gasteiger partial charge is 0.338 e. The maximum Gasteiger partial charge on any atom is 0.338 e. The van der Waals surface area contributed by atoms with Gasteiger partial charge in [0.05, 0.1) is 13.0 Å². The van der Waals surface area contributed by atoms with E-state index < -0.39 is 23.8 Å². The van der Waals surface area contributed by atoms with Crippen molar-refractivity contribution < 1.29 is 23.8 Å². The Balaban J connectivity index is 1.51. The molecule has 1 saturated heterocycles. The third-order valence-electron chi connectivity index (χ3n) is 4.35. The summed E-state index contributed by atoms with van der Waals surface area (Å²) >= 11 is 0. The van der Waals surface area contributed by atoms with E-state index in [1.54, 1.807) is 36.8 Å². The number of aromatic nitrogens is 4. The standard InChI is InChI=1S/C20H21N5O5/c1-4-28-17-13(6-5-9-21-17)12-7-8-15-22-19(24-25(15)11-12)23-16(26)10-14-18(27)30-20(2,3)29-14/h5-9,11,14H,4,10H2,1-3H3,(H,23,24,26)/t14-/m0/s1. The van der Waals surface area contributed by atoms with Crippen LogP contribution >= 0.6 is 0 Å². The monoisotopic (exact) mass is 411 g/mol. The molecular weight excluding hydrogens is 390 g/mol. The first-order valence-corrected chi connectivity index (χ1v) is 9.50. The van der Waals surface area contributed by atoms with Crippen LogP contribution in [0.15, 0.2) is 36.7 Å². The van der Waals surface area contributed by atoms with Gasteiger partial charge in [0.2, 0.25) is 23.5 Å². The molecule has 156 valence electrons. The number of esters is 1. The van der Waals surface area contributed by atoms with E-state index >= 15 is 0 Å². The molecule has 0 spiro atoms. The van der Waals surface area contributed by atoms with Gasteiger partial charge in [-0.25, -0.2) is 14.3 Å². The normalized spacial score (nSPS) is 17.7. The molecule has 0 aliphatic carbocycles. The summed E-state index contributed by atoms with van der Waals surface area (Å²) < 4.78 is 17.6. The zero-order valence-electron chi connectivity index (χ0n) is 16.8. The lowest BCUT2D eigenvalue weighted by Gasteiger charge is -2.14. The first-order valence-electron chi connectivity index (χ1n) is 9.50. The molecular formula is C20H21N5O5. The lowest BCUT2D eigenvalue weighted by Crippen LogP contribution is -2.26. The first-order chi connectivity index (χ1) is 14.3. The number of anilines is 1. The first kappa shape index (κ1) is 19.8. The maximum absolute atomic E-state index is 12.3. The van der Waals surface area contributed by atoms with Gasteiger partial charge in [-0.05, 0) is 31.2 Å². The Labute approximate surface area is 172 Å². The highest BCUT2D eigenvalue weighted by Gasteiger charge is 2.42. The van der Waals surface area contributed by atoms with E-state index in [1.807, 2.05) is 25.1 Å². The fourth-order valence-electron chi connectivity index (χ4n) is 3.15. The zero-order chi connectivity index (χ0) is 21.3. The molecule has 4 rings (SSSR count). The number of pyridine rings is 2. The van der Waals surface area contributed by atoms with Gasteiger partial charge in [-0.15, -0.1) is 5.10 Å². The van der Waals surface area contributed by atoms with E-state index in [1.165, 1.54) is 0 Å². The van der Waals surface area contributed by atoms with Crippen molar-refractivity contribution in [2.24, 2.45) is 0 Å². The fourth-order valence-corrected chi connectivity index (χ4v) is 3.15. The van der Waals surface area contributed by atoms with Gasteiger partial charge in [-0.2, -0.15) is 4.98 Å². The summed E-state index contributed by atoms with van der Waals surface area (Å²) in [5.74, 6) is -1.40. The van der Waals surface area contributed by atoms with Crippen molar-refractivity contribution in [2.45, 2.75) is 39.1 Å². The highest BCUT2D eigenvalue weighted by molar-refractivity contribution is 5.93. The number of nitrogens with zero attached hydrogens (tertiary/aromatic N) is 4. The SMILES string of the molecule is CCOc1ncccc1-c1ccc2nc(NC(=O)C[C@@H]3OC(C)(C)OC3=O)nn2c1. The number of nitrogens with one attached hydrogen (secondary N) is 1. The molecule has 3 aromatic rings. The molecule has 10 nitrogen and oxygen atoms in total. The summed E-state index contributed by atoms with van der Waals surface area (Å²) in [4.78, 5) is 32.6. The summed E-state index contributed by atoms with van der Waals surface area (Å²) in [5, 5.41) is 6.88. The number of carbonyl (C=O) groups excluding carboxylic acids is 2. The fraction of sp³-hybridized carbons (Fsp3) is 0.350. The van der Waals surface area contributed by atoms with Gasteiger partial charge in [0.1, 0.15) is 0 Å². The zero-order valence-corrected chi connectivity index (χ0v) is 16.8. The average Bonchev–Trinajstić information content (AvgIpc) is 3.20. The molecule has 1 aliphatic rings. The van der Waals surface area contributed by atoms with Crippen molar-refractivity contribution in [3.8, 4) is 17.0 Å². The van der Waals surface area contributed by atoms with Crippen LogP contribution in [-0.2, 0) is 19.1 Å². The summed E-state index contributed by atoms with van der Waals surface area (Å²) in [7, 11) is 0. The van der Waals surface area contributed by atoms with Crippen LogP contribution in [0.3, 0.4) is 0 Å². The van der Waals surface area contributed by atoms with Crippen molar-refractivity contribution in [1.29, 1.82) is 0 Å². The summed E-state index contributed by atoms with van der Waals surface area (Å²) in [6.45, 7) is 5.62. The molecule has 1 N–H and O–H groups in total. The van der Waals surface area contributed by atoms with Crippen molar-refractivity contribution in [3.63, 3.8) is 0 Å². The summed E-state index contributed by atoms with van der Waals surface area (Å²) in [5.41, 5.74) is 2.21. The molecule has 0 aromatic carbocycles. The van der Waals surface area contributed by atoms with E-state index in [9.17, 15) is 9.59 Å². The second kappa shape index (κ2) is 7.71. The minimum atomic E-state index is -1.04. The minimum Gasteiger partial charge on any atom is -0.478 e. The predicted octanol–water partition coefficient (Wildman–Crippen LogP) is 2.20. The van der Waals surface area contributed by atoms with Crippen LogP contribution in [0.1, 0.15) is 27.2 Å². The third-order valence-corrected chi connectivity index (χ3v) is 4.35. The second-order valence-electron chi connectivity index (χ2n) is 7.12. The van der Waals surface area contributed by atoms with Crippen molar-refractivity contribution in [2.75, 3.05) is 11.9 Å². The molecule has 1 aliphatic heterocycles. The quantitative estimate of drug-likeness (QED) is 0.614. The lowest BCUT2D eigenvalue weighted by atomic mass is 10.1. The van der Waals surface area contributed by atoms with Gasteiger partial charge in [0, 0.05) is 37.4 Å². The summed E-state index contributed by atoms with van der Waals surface area (Å²) in [6.07, 6.45) is 2.31. The number of fused-ring (bicyclic) bond motifs is 1. The molecule has 10 heteroatoms. The Kier molecular flexibility index (Phi) is 5.08. The van der Waals surface area contributed by atoms with Crippen molar-refractivity contribution in [3.05, 3.63) is 36.7 Å². The number of hydrogen-bond donors (Lipinski definition) is 1. The molecule has 0 saturated carbocycles. The van der Waals surface area contributed by atoms with Crippen LogP contribution in [0.2, 0.25) is 0 Å². The number of hydrogen-bond acceptors (Lipinski definition) is 8. The van der Waals surface area contributed by atoms with Crippen LogP contribution in [0.5, 0.6) is 5.88 Å². The largest absolute Gasteiger partial charge is 0.478 e. The van der Waals surface area contributed by atoms with E-state index in [0.29, 0.717) is 18.1 Å². The van der Waals surface area contributed by atoms with Gasteiger partial charge >= 0.3 is 5.97 Å². The number of ether oxygens (including phenoxy) is 3. The van der Waals surface area contributed by atoms with Gasteiger partial charge in [-0.3, -0.25) is 10.1 Å². The maximum atomic E-state index is 12.3. The van der Waals surface area contributed by atoms with Gasteiger partial charge in [0.15, 0.2) is 11.8 Å². The van der Waals surface area contributed by atoms with E-state index in [2.05, 4.69) is 20.4 Å². The Morgan fingerprint density at radius 2 is 2.17 bits per heavy atom. The topological polar surface area (TPSA) is 117 Å². The molecule has 30 heavy (non-hydrogen) atoms. The molecule has 0 unspecified atom stereocenters. The highest BCUT2D eigenvalue weighted by Crippen LogP contribution is 2.28. The lowest BCUT2D eigenvalue weighted by molar-refractivity contribution is -0.160. The van der Waals surface area contributed by atoms with Crippen molar-refractivity contribution in [1.82, 2.24) is 19.6 Å². The molecule has 4 heterocycles. The molecule has 0 bridgehead atoms. The Bertz CT molecular complexity index is 1110. The van der Waals surface area contributed by atoms with Crippen LogP contribution in [0.25, 0.3) is 16.8 Å². The Morgan fingerprint density at radius 3 is 2.90 bits per heavy atom. The van der Waals surface area contributed by atoms with E-state index in [4.69, 9.17) is 14.2 Å². The molecule has 1 atom stereocenters. The van der Waals surface area contributed by atoms with Gasteiger partial charge in [0.25, 0.3) is 0 Å². The number of rotatable bonds is 6. The predicted molar refractivity (Wildman–Crippen MR) is 106 cm³/mol. The molecule has 1 fully saturated rings. The average molecular weight is 411 g/mol. The Morgan fingerprint density at radius 1 is 1.33 bits per heavy atom. The number of cyclic esters (lactones) is 1. The summed E-state index contributed by atoms with van der Waals surface area (Å²) in [6, 6.07) is 7.38. The van der Waals surface area contributed by atoms with E-state index in [-0.39, 0.29) is 12.4 Å². The second-order valence-corrected chi connectivity index (χ2v) is 7.12. The number of amides is 1.